The van der Waals surface area contributed by atoms with Crippen LogP contribution < -0.4 is 9.47 Å². The molecule has 1 fully saturated rings. The van der Waals surface area contributed by atoms with Gasteiger partial charge in [-0.1, -0.05) is 90.5 Å². The molecule has 0 aromatic heterocycles. The van der Waals surface area contributed by atoms with Gasteiger partial charge in [0, 0.05) is 21.8 Å². The summed E-state index contributed by atoms with van der Waals surface area (Å²) in [5.41, 5.74) is 1.17. The maximum absolute atomic E-state index is 12.3. The Bertz CT molecular complexity index is 557. The molecule has 1 saturated carbocycles. The Morgan fingerprint density at radius 1 is 0.893 bits per heavy atom. The van der Waals surface area contributed by atoms with E-state index in [1.54, 1.807) is 0 Å². The van der Waals surface area contributed by atoms with Crippen LogP contribution in [0.1, 0.15) is 96.5 Å². The number of fused-ring (bicyclic) bond motifs is 1. The molecule has 1 aromatic carbocycles. The van der Waals surface area contributed by atoms with Crippen molar-refractivity contribution in [3.8, 4) is 11.5 Å². The van der Waals surface area contributed by atoms with Crippen molar-refractivity contribution in [1.82, 2.24) is 0 Å². The van der Waals surface area contributed by atoms with Gasteiger partial charge in [0.2, 0.25) is 6.79 Å². The van der Waals surface area contributed by atoms with Gasteiger partial charge in [0.05, 0.1) is 0 Å². The van der Waals surface area contributed by atoms with Gasteiger partial charge in [-0.3, -0.25) is 4.21 Å². The van der Waals surface area contributed by atoms with Crippen LogP contribution in [0.5, 0.6) is 11.5 Å². The zero-order valence-corrected chi connectivity index (χ0v) is 18.9. The first-order chi connectivity index (χ1) is 13.7. The van der Waals surface area contributed by atoms with Crippen LogP contribution in [0.2, 0.25) is 0 Å². The van der Waals surface area contributed by atoms with E-state index in [4.69, 9.17) is 9.47 Å². The van der Waals surface area contributed by atoms with Crippen molar-refractivity contribution in [1.29, 1.82) is 0 Å². The summed E-state index contributed by atoms with van der Waals surface area (Å²) in [6.07, 6.45) is 17.3. The van der Waals surface area contributed by atoms with Gasteiger partial charge in [-0.15, -0.1) is 0 Å². The fourth-order valence-corrected chi connectivity index (χ4v) is 5.05. The summed E-state index contributed by atoms with van der Waals surface area (Å²) in [6.45, 7) is 4.61. The SMILES string of the molecule is C1CCCCC1.CCCCCCCCS(=O)C(C)Cc1ccc2c(c1)OCO2. The van der Waals surface area contributed by atoms with E-state index < -0.39 is 10.8 Å². The molecule has 1 aromatic rings. The number of rotatable bonds is 10. The van der Waals surface area contributed by atoms with Crippen molar-refractivity contribution < 1.29 is 13.7 Å². The van der Waals surface area contributed by atoms with Crippen LogP contribution in [0.4, 0.5) is 0 Å². The molecule has 1 heterocycles. The third-order valence-electron chi connectivity index (χ3n) is 5.61. The monoisotopic (exact) mass is 408 g/mol. The van der Waals surface area contributed by atoms with Crippen molar-refractivity contribution in [2.24, 2.45) is 0 Å². The molecule has 28 heavy (non-hydrogen) atoms. The number of benzene rings is 1. The zero-order chi connectivity index (χ0) is 20.0. The maximum atomic E-state index is 12.3. The van der Waals surface area contributed by atoms with E-state index in [1.165, 1.54) is 76.2 Å². The number of hydrogen-bond acceptors (Lipinski definition) is 3. The van der Waals surface area contributed by atoms with E-state index in [0.717, 1.165) is 30.1 Å². The normalized spacial score (nSPS) is 17.5. The summed E-state index contributed by atoms with van der Waals surface area (Å²) in [4.78, 5) is 0. The summed E-state index contributed by atoms with van der Waals surface area (Å²) in [5, 5.41) is 0.191. The van der Waals surface area contributed by atoms with Crippen molar-refractivity contribution in [3.05, 3.63) is 23.8 Å². The van der Waals surface area contributed by atoms with Crippen LogP contribution in [0.3, 0.4) is 0 Å². The van der Waals surface area contributed by atoms with E-state index >= 15 is 0 Å². The minimum atomic E-state index is -0.743. The Morgan fingerprint density at radius 3 is 2.18 bits per heavy atom. The van der Waals surface area contributed by atoms with Gasteiger partial charge in [-0.25, -0.2) is 0 Å². The molecule has 160 valence electrons. The average Bonchev–Trinajstić information content (AvgIpc) is 3.20. The maximum Gasteiger partial charge on any atom is 0.231 e. The molecule has 0 amide bonds. The predicted octanol–water partition coefficient (Wildman–Crippen LogP) is 6.80. The molecule has 0 saturated heterocycles. The molecule has 3 rings (SSSR count). The van der Waals surface area contributed by atoms with Crippen molar-refractivity contribution >= 4 is 10.8 Å². The van der Waals surface area contributed by atoms with Crippen molar-refractivity contribution in [2.75, 3.05) is 12.5 Å². The van der Waals surface area contributed by atoms with Crippen LogP contribution in [0, 0.1) is 0 Å². The largest absolute Gasteiger partial charge is 0.454 e. The first kappa shape index (κ1) is 23.3. The number of unbranched alkanes of at least 4 members (excludes halogenated alkanes) is 5. The van der Waals surface area contributed by atoms with Crippen LogP contribution in [0.15, 0.2) is 18.2 Å². The van der Waals surface area contributed by atoms with Crippen molar-refractivity contribution in [2.45, 2.75) is 103 Å². The summed E-state index contributed by atoms with van der Waals surface area (Å²) >= 11 is 0. The van der Waals surface area contributed by atoms with E-state index in [1.807, 2.05) is 18.2 Å². The zero-order valence-electron chi connectivity index (χ0n) is 18.0. The fraction of sp³-hybridized carbons (Fsp3) is 0.750. The third-order valence-corrected chi connectivity index (χ3v) is 7.36. The highest BCUT2D eigenvalue weighted by Crippen LogP contribution is 2.33. The Morgan fingerprint density at radius 2 is 1.50 bits per heavy atom. The second kappa shape index (κ2) is 14.0. The second-order valence-electron chi connectivity index (χ2n) is 8.18. The van der Waals surface area contributed by atoms with Crippen LogP contribution in [-0.4, -0.2) is 22.0 Å². The average molecular weight is 409 g/mol. The number of ether oxygens (including phenoxy) is 2. The molecule has 2 aliphatic rings. The van der Waals surface area contributed by atoms with Gasteiger partial charge in [-0.05, 0) is 30.5 Å². The van der Waals surface area contributed by atoms with E-state index in [0.29, 0.717) is 6.79 Å². The Labute approximate surface area is 175 Å². The lowest BCUT2D eigenvalue weighted by atomic mass is 10.0. The van der Waals surface area contributed by atoms with Crippen molar-refractivity contribution in [3.63, 3.8) is 0 Å². The lowest BCUT2D eigenvalue weighted by molar-refractivity contribution is 0.174. The highest BCUT2D eigenvalue weighted by atomic mass is 32.2. The molecular formula is C24H40O3S. The lowest BCUT2D eigenvalue weighted by Crippen LogP contribution is -2.16. The first-order valence-electron chi connectivity index (χ1n) is 11.5. The standard InChI is InChI=1S/C18H28O3S.C6H12/c1-3-4-5-6-7-8-11-22(19)15(2)12-16-9-10-17-18(13-16)21-14-20-17;1-2-4-6-5-3-1/h9-10,13,15H,3-8,11-12,14H2,1-2H3;1-6H2. The molecule has 2 atom stereocenters. The molecule has 1 aliphatic heterocycles. The van der Waals surface area contributed by atoms with Gasteiger partial charge < -0.3 is 9.47 Å². The van der Waals surface area contributed by atoms with Gasteiger partial charge in [0.1, 0.15) is 0 Å². The summed E-state index contributed by atoms with van der Waals surface area (Å²) < 4.78 is 23.0. The quantitative estimate of drug-likeness (QED) is 0.400. The molecule has 0 radical (unpaired) electrons. The summed E-state index contributed by atoms with van der Waals surface area (Å²) in [6, 6.07) is 6.01. The minimum Gasteiger partial charge on any atom is -0.454 e. The Balaban J connectivity index is 0.000000397. The Kier molecular flexibility index (Phi) is 11.7. The predicted molar refractivity (Wildman–Crippen MR) is 120 cm³/mol. The minimum absolute atomic E-state index is 0.191. The topological polar surface area (TPSA) is 35.5 Å². The van der Waals surface area contributed by atoms with Gasteiger partial charge >= 0.3 is 0 Å². The smallest absolute Gasteiger partial charge is 0.231 e. The van der Waals surface area contributed by atoms with E-state index in [-0.39, 0.29) is 5.25 Å². The van der Waals surface area contributed by atoms with Crippen LogP contribution >= 0.6 is 0 Å². The van der Waals surface area contributed by atoms with Gasteiger partial charge in [0.15, 0.2) is 11.5 Å². The molecule has 3 nitrogen and oxygen atoms in total. The highest BCUT2D eigenvalue weighted by molar-refractivity contribution is 7.85. The molecule has 1 aliphatic carbocycles. The molecular weight excluding hydrogens is 368 g/mol. The molecule has 0 N–H and O–H groups in total. The Hall–Kier alpha value is -1.03. The van der Waals surface area contributed by atoms with Gasteiger partial charge in [0.25, 0.3) is 0 Å². The molecule has 0 spiro atoms. The summed E-state index contributed by atoms with van der Waals surface area (Å²) in [7, 11) is -0.743. The third kappa shape index (κ3) is 8.98. The van der Waals surface area contributed by atoms with E-state index in [2.05, 4.69) is 13.8 Å². The fourth-order valence-electron chi connectivity index (χ4n) is 3.78. The van der Waals surface area contributed by atoms with Crippen LogP contribution in [0.25, 0.3) is 0 Å². The second-order valence-corrected chi connectivity index (χ2v) is 10.2. The highest BCUT2D eigenvalue weighted by Gasteiger charge is 2.16. The molecule has 2 unspecified atom stereocenters. The molecule has 4 heteroatoms. The van der Waals surface area contributed by atoms with Gasteiger partial charge in [-0.2, -0.15) is 0 Å². The van der Waals surface area contributed by atoms with Crippen LogP contribution in [-0.2, 0) is 17.2 Å². The summed E-state index contributed by atoms with van der Waals surface area (Å²) in [5.74, 6) is 2.45. The van der Waals surface area contributed by atoms with E-state index in [9.17, 15) is 4.21 Å². The first-order valence-corrected chi connectivity index (χ1v) is 12.8. The number of hydrogen-bond donors (Lipinski definition) is 0. The molecule has 0 bridgehead atoms. The lowest BCUT2D eigenvalue weighted by Gasteiger charge is -2.12.